The molecule has 2 aromatic heterocycles. The van der Waals surface area contributed by atoms with E-state index in [1.54, 1.807) is 6.07 Å². The lowest BCUT2D eigenvalue weighted by Gasteiger charge is -2.27. The van der Waals surface area contributed by atoms with Gasteiger partial charge in [-0.15, -0.1) is 0 Å². The number of ether oxygens (including phenoxy) is 1. The highest BCUT2D eigenvalue weighted by Crippen LogP contribution is 2.34. The lowest BCUT2D eigenvalue weighted by molar-refractivity contribution is 0.0566. The number of aliphatic hydroxyl groups is 1. The Morgan fingerprint density at radius 1 is 1.26 bits per heavy atom. The van der Waals surface area contributed by atoms with Gasteiger partial charge in [-0.3, -0.25) is 0 Å². The van der Waals surface area contributed by atoms with Crippen LogP contribution < -0.4 is 4.74 Å². The first-order valence-corrected chi connectivity index (χ1v) is 7.73. The number of halogens is 3. The summed E-state index contributed by atoms with van der Waals surface area (Å²) in [6.07, 6.45) is 6.59. The normalized spacial score (nSPS) is 21.6. The highest BCUT2D eigenvalue weighted by Gasteiger charge is 2.22. The van der Waals surface area contributed by atoms with Crippen LogP contribution in [0.15, 0.2) is 24.7 Å². The molecule has 2 aromatic rings. The number of alkyl halides is 2. The van der Waals surface area contributed by atoms with Gasteiger partial charge >= 0.3 is 6.55 Å². The molecule has 1 saturated carbocycles. The number of hydrogen-bond acceptors (Lipinski definition) is 4. The van der Waals surface area contributed by atoms with E-state index in [0.29, 0.717) is 34.4 Å². The van der Waals surface area contributed by atoms with Crippen molar-refractivity contribution in [2.45, 2.75) is 44.4 Å². The molecular weight excluding hydrogens is 328 g/mol. The second kappa shape index (κ2) is 6.80. The first-order chi connectivity index (χ1) is 11.0. The predicted octanol–water partition coefficient (Wildman–Crippen LogP) is 3.68. The van der Waals surface area contributed by atoms with E-state index in [9.17, 15) is 13.9 Å². The minimum atomic E-state index is -2.70. The van der Waals surface area contributed by atoms with Crippen molar-refractivity contribution in [1.29, 1.82) is 0 Å². The Kier molecular flexibility index (Phi) is 4.77. The molecule has 3 rings (SSSR count). The van der Waals surface area contributed by atoms with Gasteiger partial charge < -0.3 is 9.84 Å². The molecule has 124 valence electrons. The largest absolute Gasteiger partial charge is 0.490 e. The summed E-state index contributed by atoms with van der Waals surface area (Å²) in [5, 5.41) is 13.5. The third-order valence-corrected chi connectivity index (χ3v) is 4.09. The molecule has 1 aliphatic rings. The average Bonchev–Trinajstić information content (AvgIpc) is 3.00. The first-order valence-electron chi connectivity index (χ1n) is 7.36. The summed E-state index contributed by atoms with van der Waals surface area (Å²) in [5.41, 5.74) is 1.05. The highest BCUT2D eigenvalue weighted by atomic mass is 35.5. The van der Waals surface area contributed by atoms with Gasteiger partial charge in [0.2, 0.25) is 0 Å². The molecule has 0 spiro atoms. The Bertz CT molecular complexity index is 672. The smallest absolute Gasteiger partial charge is 0.333 e. The molecular formula is C15H16ClF2N3O2. The van der Waals surface area contributed by atoms with Gasteiger partial charge in [0.15, 0.2) is 0 Å². The van der Waals surface area contributed by atoms with Crippen LogP contribution in [0.5, 0.6) is 5.75 Å². The van der Waals surface area contributed by atoms with Gasteiger partial charge in [-0.05, 0) is 25.7 Å². The van der Waals surface area contributed by atoms with E-state index in [1.165, 1.54) is 18.6 Å². The molecule has 1 N–H and O–H groups in total. The zero-order valence-corrected chi connectivity index (χ0v) is 13.0. The Balaban J connectivity index is 1.85. The summed E-state index contributed by atoms with van der Waals surface area (Å²) in [6.45, 7) is -2.70. The molecule has 0 radical (unpaired) electrons. The Morgan fingerprint density at radius 3 is 2.65 bits per heavy atom. The minimum Gasteiger partial charge on any atom is -0.490 e. The van der Waals surface area contributed by atoms with Crippen LogP contribution in [-0.2, 0) is 0 Å². The van der Waals surface area contributed by atoms with Gasteiger partial charge in [0.05, 0.1) is 18.4 Å². The second-order valence-corrected chi connectivity index (χ2v) is 5.93. The third-order valence-electron chi connectivity index (χ3n) is 3.88. The quantitative estimate of drug-likeness (QED) is 0.860. The zero-order chi connectivity index (χ0) is 16.4. The molecule has 0 aliphatic heterocycles. The van der Waals surface area contributed by atoms with Crippen molar-refractivity contribution in [2.75, 3.05) is 0 Å². The van der Waals surface area contributed by atoms with Crippen LogP contribution in [0.2, 0.25) is 5.15 Å². The summed E-state index contributed by atoms with van der Waals surface area (Å²) in [6, 6.07) is 1.57. The number of nitrogens with zero attached hydrogens (tertiary/aromatic N) is 3. The Hall–Kier alpha value is -1.73. The van der Waals surface area contributed by atoms with E-state index < -0.39 is 6.55 Å². The lowest BCUT2D eigenvalue weighted by atomic mass is 9.95. The maximum absolute atomic E-state index is 12.7. The van der Waals surface area contributed by atoms with Crippen molar-refractivity contribution in [3.8, 4) is 16.9 Å². The fourth-order valence-corrected chi connectivity index (χ4v) is 2.80. The summed E-state index contributed by atoms with van der Waals surface area (Å²) in [5.74, 6) is 0.486. The average molecular weight is 344 g/mol. The van der Waals surface area contributed by atoms with Gasteiger partial charge in [0.25, 0.3) is 0 Å². The van der Waals surface area contributed by atoms with Crippen LogP contribution in [0.4, 0.5) is 8.78 Å². The van der Waals surface area contributed by atoms with Crippen LogP contribution in [0, 0.1) is 0 Å². The van der Waals surface area contributed by atoms with Crippen LogP contribution >= 0.6 is 11.6 Å². The standard InChI is InChI=1S/C15H16ClF2N3O2/c16-14-5-13(23-11-3-1-10(22)2-4-11)12(7-19-14)9-6-20-21(8-9)15(17)18/h5-8,10-11,15,22H,1-4H2. The zero-order valence-electron chi connectivity index (χ0n) is 12.2. The molecule has 0 saturated heterocycles. The summed E-state index contributed by atoms with van der Waals surface area (Å²) < 4.78 is 31.9. The maximum atomic E-state index is 12.7. The molecule has 0 bridgehead atoms. The molecule has 0 aromatic carbocycles. The number of aromatic nitrogens is 3. The van der Waals surface area contributed by atoms with Crippen LogP contribution in [0.25, 0.3) is 11.1 Å². The van der Waals surface area contributed by atoms with Gasteiger partial charge in [0, 0.05) is 29.6 Å². The van der Waals surface area contributed by atoms with Crippen molar-refractivity contribution in [2.24, 2.45) is 0 Å². The Morgan fingerprint density at radius 2 is 2.00 bits per heavy atom. The van der Waals surface area contributed by atoms with Crippen molar-refractivity contribution in [3.63, 3.8) is 0 Å². The van der Waals surface area contributed by atoms with Crippen molar-refractivity contribution < 1.29 is 18.6 Å². The molecule has 0 amide bonds. The molecule has 23 heavy (non-hydrogen) atoms. The van der Waals surface area contributed by atoms with E-state index in [-0.39, 0.29) is 17.4 Å². The molecule has 0 unspecified atom stereocenters. The van der Waals surface area contributed by atoms with E-state index in [0.717, 1.165) is 12.8 Å². The van der Waals surface area contributed by atoms with Crippen molar-refractivity contribution in [1.82, 2.24) is 14.8 Å². The molecule has 0 atom stereocenters. The maximum Gasteiger partial charge on any atom is 0.333 e. The molecule has 2 heterocycles. The molecule has 8 heteroatoms. The first kappa shape index (κ1) is 16.1. The van der Waals surface area contributed by atoms with Gasteiger partial charge in [-0.2, -0.15) is 13.9 Å². The van der Waals surface area contributed by atoms with Crippen molar-refractivity contribution >= 4 is 11.6 Å². The van der Waals surface area contributed by atoms with Crippen LogP contribution in [-0.4, -0.2) is 32.1 Å². The van der Waals surface area contributed by atoms with Gasteiger partial charge in [-0.1, -0.05) is 11.6 Å². The third kappa shape index (κ3) is 3.79. The molecule has 1 fully saturated rings. The Labute approximate surface area is 136 Å². The van der Waals surface area contributed by atoms with Gasteiger partial charge in [0.1, 0.15) is 10.9 Å². The topological polar surface area (TPSA) is 60.2 Å². The fraction of sp³-hybridized carbons (Fsp3) is 0.467. The second-order valence-electron chi connectivity index (χ2n) is 5.54. The number of aliphatic hydroxyl groups excluding tert-OH is 1. The van der Waals surface area contributed by atoms with Crippen molar-refractivity contribution in [3.05, 3.63) is 29.8 Å². The van der Waals surface area contributed by atoms with Gasteiger partial charge in [-0.25, -0.2) is 9.67 Å². The minimum absolute atomic E-state index is 0.0410. The number of hydrogen-bond donors (Lipinski definition) is 1. The van der Waals surface area contributed by atoms with E-state index in [2.05, 4.69) is 10.1 Å². The van der Waals surface area contributed by atoms with E-state index in [1.807, 2.05) is 0 Å². The highest BCUT2D eigenvalue weighted by molar-refractivity contribution is 6.29. The monoisotopic (exact) mass is 343 g/mol. The fourth-order valence-electron chi connectivity index (χ4n) is 2.65. The predicted molar refractivity (Wildman–Crippen MR) is 80.6 cm³/mol. The number of pyridine rings is 1. The molecule has 1 aliphatic carbocycles. The lowest BCUT2D eigenvalue weighted by Crippen LogP contribution is -2.26. The van der Waals surface area contributed by atoms with Crippen LogP contribution in [0.1, 0.15) is 32.2 Å². The summed E-state index contributed by atoms with van der Waals surface area (Å²) in [4.78, 5) is 4.00. The summed E-state index contributed by atoms with van der Waals surface area (Å²) in [7, 11) is 0. The van der Waals surface area contributed by atoms with E-state index in [4.69, 9.17) is 16.3 Å². The summed E-state index contributed by atoms with van der Waals surface area (Å²) >= 11 is 5.93. The SMILES string of the molecule is OC1CCC(Oc2cc(Cl)ncc2-c2cnn(C(F)F)c2)CC1. The van der Waals surface area contributed by atoms with Crippen LogP contribution in [0.3, 0.4) is 0 Å². The van der Waals surface area contributed by atoms with E-state index >= 15 is 0 Å². The number of rotatable bonds is 4. The molecule has 5 nitrogen and oxygen atoms in total.